The molecule has 1 atom stereocenters. The van der Waals surface area contributed by atoms with Crippen molar-refractivity contribution in [2.75, 3.05) is 16.8 Å². The lowest BCUT2D eigenvalue weighted by molar-refractivity contribution is -0.122. The second-order valence-corrected chi connectivity index (χ2v) is 7.83. The third kappa shape index (κ3) is 4.09. The molecule has 0 spiro atoms. The van der Waals surface area contributed by atoms with Crippen LogP contribution in [0.1, 0.15) is 41.5 Å². The highest BCUT2D eigenvalue weighted by atomic mass is 19.1. The Balaban J connectivity index is 1.71. The summed E-state index contributed by atoms with van der Waals surface area (Å²) in [5, 5.41) is 2.52. The number of rotatable bonds is 4. The molecule has 1 aliphatic heterocycles. The van der Waals surface area contributed by atoms with Gasteiger partial charge in [-0.25, -0.2) is 9.37 Å². The standard InChI is InChI=1S/C24H20F2N4O3/c1-12-9-19-21(23(26)28-12)17-5-4-8-27-22(17)13(2)24(33)30(19)11-20(32)29-15-6-7-16(14(3)31)18(25)10-15/h4-10,13H,11H2,1-3H3,(H,29,32)/t13-/m1/s1. The van der Waals surface area contributed by atoms with Crippen LogP contribution in [0.4, 0.5) is 20.2 Å². The number of carbonyl (C=O) groups is 3. The number of carbonyl (C=O) groups excluding carboxylic acids is 3. The van der Waals surface area contributed by atoms with Crippen molar-refractivity contribution in [3.63, 3.8) is 0 Å². The zero-order valence-corrected chi connectivity index (χ0v) is 18.1. The molecule has 3 heterocycles. The van der Waals surface area contributed by atoms with Crippen molar-refractivity contribution in [3.05, 3.63) is 71.3 Å². The summed E-state index contributed by atoms with van der Waals surface area (Å²) in [6.45, 7) is 4.02. The number of benzene rings is 1. The zero-order chi connectivity index (χ0) is 23.9. The Morgan fingerprint density at radius 2 is 1.94 bits per heavy atom. The van der Waals surface area contributed by atoms with Crippen molar-refractivity contribution < 1.29 is 23.2 Å². The van der Waals surface area contributed by atoms with Crippen molar-refractivity contribution in [2.45, 2.75) is 26.7 Å². The number of amides is 2. The molecule has 0 aliphatic carbocycles. The van der Waals surface area contributed by atoms with Crippen molar-refractivity contribution in [3.8, 4) is 11.1 Å². The van der Waals surface area contributed by atoms with Gasteiger partial charge in [0.25, 0.3) is 0 Å². The number of ketones is 1. The first-order valence-electron chi connectivity index (χ1n) is 10.2. The van der Waals surface area contributed by atoms with Crippen LogP contribution in [0, 0.1) is 18.7 Å². The normalized spacial score (nSPS) is 14.9. The Morgan fingerprint density at radius 1 is 1.18 bits per heavy atom. The van der Waals surface area contributed by atoms with Crippen molar-refractivity contribution in [1.82, 2.24) is 9.97 Å². The molecule has 7 nitrogen and oxygen atoms in total. The van der Waals surface area contributed by atoms with Crippen LogP contribution in [-0.4, -0.2) is 34.1 Å². The van der Waals surface area contributed by atoms with Gasteiger partial charge in [0.1, 0.15) is 12.4 Å². The Morgan fingerprint density at radius 3 is 2.64 bits per heavy atom. The second kappa shape index (κ2) is 8.50. The molecule has 0 unspecified atom stereocenters. The number of pyridine rings is 2. The number of hydrogen-bond donors (Lipinski definition) is 1. The molecule has 1 aromatic carbocycles. The van der Waals surface area contributed by atoms with E-state index in [1.807, 2.05) is 0 Å². The number of hydrogen-bond acceptors (Lipinski definition) is 5. The average Bonchev–Trinajstić information content (AvgIpc) is 2.83. The summed E-state index contributed by atoms with van der Waals surface area (Å²) in [6.07, 6.45) is 1.52. The van der Waals surface area contributed by atoms with Crippen LogP contribution in [0.5, 0.6) is 0 Å². The molecule has 33 heavy (non-hydrogen) atoms. The summed E-state index contributed by atoms with van der Waals surface area (Å²) in [6, 6.07) is 8.54. The van der Waals surface area contributed by atoms with Gasteiger partial charge in [-0.2, -0.15) is 4.39 Å². The van der Waals surface area contributed by atoms with E-state index in [0.29, 0.717) is 17.0 Å². The van der Waals surface area contributed by atoms with E-state index >= 15 is 4.39 Å². The molecule has 168 valence electrons. The maximum atomic E-state index is 15.0. The van der Waals surface area contributed by atoms with Gasteiger partial charge in [-0.1, -0.05) is 6.07 Å². The minimum Gasteiger partial charge on any atom is -0.324 e. The number of nitrogens with one attached hydrogen (secondary N) is 1. The summed E-state index contributed by atoms with van der Waals surface area (Å²) in [4.78, 5) is 46.9. The van der Waals surface area contributed by atoms with E-state index in [9.17, 15) is 18.8 Å². The number of fused-ring (bicyclic) bond motifs is 3. The highest BCUT2D eigenvalue weighted by molar-refractivity contribution is 6.09. The van der Waals surface area contributed by atoms with Gasteiger partial charge >= 0.3 is 0 Å². The van der Waals surface area contributed by atoms with Crippen LogP contribution in [-0.2, 0) is 9.59 Å². The van der Waals surface area contributed by atoms with E-state index in [2.05, 4.69) is 15.3 Å². The maximum Gasteiger partial charge on any atom is 0.244 e. The van der Waals surface area contributed by atoms with E-state index in [-0.39, 0.29) is 22.5 Å². The topological polar surface area (TPSA) is 92.3 Å². The third-order valence-electron chi connectivity index (χ3n) is 5.46. The fraction of sp³-hybridized carbons (Fsp3) is 0.208. The van der Waals surface area contributed by atoms with Gasteiger partial charge in [-0.15, -0.1) is 0 Å². The highest BCUT2D eigenvalue weighted by Gasteiger charge is 2.35. The molecular weight excluding hydrogens is 430 g/mol. The predicted molar refractivity (Wildman–Crippen MR) is 118 cm³/mol. The summed E-state index contributed by atoms with van der Waals surface area (Å²) >= 11 is 0. The van der Waals surface area contributed by atoms with Crippen LogP contribution in [0.2, 0.25) is 0 Å². The molecule has 0 saturated carbocycles. The first-order chi connectivity index (χ1) is 15.7. The summed E-state index contributed by atoms with van der Waals surface area (Å²) in [5.41, 5.74) is 1.48. The molecule has 0 fully saturated rings. The van der Waals surface area contributed by atoms with Crippen molar-refractivity contribution in [1.29, 1.82) is 0 Å². The lowest BCUT2D eigenvalue weighted by atomic mass is 9.98. The molecule has 1 aliphatic rings. The van der Waals surface area contributed by atoms with Gasteiger partial charge in [0, 0.05) is 23.1 Å². The smallest absolute Gasteiger partial charge is 0.244 e. The van der Waals surface area contributed by atoms with E-state index < -0.39 is 41.8 Å². The summed E-state index contributed by atoms with van der Waals surface area (Å²) < 4.78 is 29.1. The number of nitrogens with zero attached hydrogens (tertiary/aromatic N) is 3. The SMILES string of the molecule is CC(=O)c1ccc(NC(=O)CN2C(=O)[C@H](C)c3ncccc3-c3c2cc(C)nc3F)cc1F. The van der Waals surface area contributed by atoms with Gasteiger partial charge in [0.05, 0.1) is 28.4 Å². The fourth-order valence-corrected chi connectivity index (χ4v) is 3.91. The molecule has 3 aromatic rings. The number of aryl methyl sites for hydroxylation is 1. The quantitative estimate of drug-likeness (QED) is 0.479. The van der Waals surface area contributed by atoms with Gasteiger partial charge in [-0.05, 0) is 51.1 Å². The lowest BCUT2D eigenvalue weighted by Gasteiger charge is -2.24. The van der Waals surface area contributed by atoms with Crippen LogP contribution >= 0.6 is 0 Å². The minimum absolute atomic E-state index is 0.0889. The number of aromatic nitrogens is 2. The number of anilines is 2. The molecule has 4 rings (SSSR count). The largest absolute Gasteiger partial charge is 0.324 e. The Bertz CT molecular complexity index is 1310. The molecule has 0 radical (unpaired) electrons. The minimum atomic E-state index is -0.770. The van der Waals surface area contributed by atoms with Crippen LogP contribution < -0.4 is 10.2 Å². The Hall–Kier alpha value is -4.01. The lowest BCUT2D eigenvalue weighted by Crippen LogP contribution is -2.40. The van der Waals surface area contributed by atoms with E-state index in [1.165, 1.54) is 30.2 Å². The first kappa shape index (κ1) is 22.2. The molecule has 2 aromatic heterocycles. The van der Waals surface area contributed by atoms with E-state index in [0.717, 1.165) is 6.07 Å². The molecule has 0 saturated heterocycles. The number of Topliss-reactive ketones (excluding diaryl/α,β-unsaturated/α-hetero) is 1. The Kier molecular flexibility index (Phi) is 5.71. The number of halogens is 2. The Labute approximate surface area is 188 Å². The molecule has 2 amide bonds. The van der Waals surface area contributed by atoms with Gasteiger partial charge in [0.15, 0.2) is 5.78 Å². The predicted octanol–water partition coefficient (Wildman–Crippen LogP) is 4.02. The highest BCUT2D eigenvalue weighted by Crippen LogP contribution is 2.41. The molecule has 9 heteroatoms. The molecule has 0 bridgehead atoms. The van der Waals surface area contributed by atoms with Gasteiger partial charge < -0.3 is 10.2 Å². The van der Waals surface area contributed by atoms with E-state index in [4.69, 9.17) is 0 Å². The first-order valence-corrected chi connectivity index (χ1v) is 10.2. The summed E-state index contributed by atoms with van der Waals surface area (Å²) in [7, 11) is 0. The average molecular weight is 450 g/mol. The van der Waals surface area contributed by atoms with Gasteiger partial charge in [0.2, 0.25) is 17.8 Å². The summed E-state index contributed by atoms with van der Waals surface area (Å²) in [5.74, 6) is -3.78. The second-order valence-electron chi connectivity index (χ2n) is 7.83. The van der Waals surface area contributed by atoms with Crippen molar-refractivity contribution in [2.24, 2.45) is 0 Å². The van der Waals surface area contributed by atoms with E-state index in [1.54, 1.807) is 32.0 Å². The monoisotopic (exact) mass is 450 g/mol. The maximum absolute atomic E-state index is 15.0. The zero-order valence-electron chi connectivity index (χ0n) is 18.1. The van der Waals surface area contributed by atoms with Gasteiger partial charge in [-0.3, -0.25) is 19.4 Å². The van der Waals surface area contributed by atoms with Crippen LogP contribution in [0.3, 0.4) is 0 Å². The van der Waals surface area contributed by atoms with Crippen LogP contribution in [0.15, 0.2) is 42.6 Å². The van der Waals surface area contributed by atoms with Crippen LogP contribution in [0.25, 0.3) is 11.1 Å². The molecular formula is C24H20F2N4O3. The third-order valence-corrected chi connectivity index (χ3v) is 5.46. The van der Waals surface area contributed by atoms with Crippen molar-refractivity contribution >= 4 is 29.0 Å². The fourth-order valence-electron chi connectivity index (χ4n) is 3.91. The molecule has 1 N–H and O–H groups in total.